The van der Waals surface area contributed by atoms with Crippen molar-refractivity contribution in [3.8, 4) is 0 Å². The van der Waals surface area contributed by atoms with Crippen LogP contribution < -0.4 is 73.4 Å². The summed E-state index contributed by atoms with van der Waals surface area (Å²) < 4.78 is 191. The van der Waals surface area contributed by atoms with Gasteiger partial charge >= 0.3 is 81.1 Å². The fourth-order valence-corrected chi connectivity index (χ4v) is 15.1. The fraction of sp³-hybridized carbons (Fsp3) is 0.607. The van der Waals surface area contributed by atoms with Gasteiger partial charge < -0.3 is 168 Å². The van der Waals surface area contributed by atoms with Gasteiger partial charge in [-0.2, -0.15) is 4.98 Å². The molecule has 780 valence electrons. The van der Waals surface area contributed by atoms with E-state index in [0.29, 0.717) is 4.57 Å². The number of aromatic amines is 5. The van der Waals surface area contributed by atoms with Crippen LogP contribution in [0.15, 0.2) is 126 Å². The highest BCUT2D eigenvalue weighted by molar-refractivity contribution is 7.47. The zero-order valence-electron chi connectivity index (χ0n) is 71.1. The molecule has 6 aromatic heterocycles. The second-order valence-electron chi connectivity index (χ2n) is 28.6. The molecular formula is C61H92F2N14O55P6. The molecule has 23 atom stereocenters. The molecule has 12 heterocycles. The zero-order valence-corrected chi connectivity index (χ0v) is 76.5. The van der Waals surface area contributed by atoms with Gasteiger partial charge in [0.1, 0.15) is 94.3 Å². The molecule has 6 aliphatic rings. The largest absolute Gasteiger partial charge is 0.469 e. The molecule has 6 saturated heterocycles. The summed E-state index contributed by atoms with van der Waals surface area (Å²) in [7, 11) is -21.6. The zero-order chi connectivity index (χ0) is 104. The first-order valence-corrected chi connectivity index (χ1v) is 46.7. The van der Waals surface area contributed by atoms with Crippen LogP contribution in [-0.4, -0.2) is 343 Å². The Hall–Kier alpha value is -8.24. The van der Waals surface area contributed by atoms with Gasteiger partial charge in [-0.1, -0.05) is 0 Å². The molecule has 0 unspecified atom stereocenters. The molecule has 69 nitrogen and oxygen atoms in total. The highest BCUT2D eigenvalue weighted by atomic mass is 31.2. The number of phosphoric acid groups is 6. The van der Waals surface area contributed by atoms with E-state index in [1.54, 1.807) is 0 Å². The van der Waals surface area contributed by atoms with Crippen molar-refractivity contribution < 1.29 is 219 Å². The first-order valence-electron chi connectivity index (χ1n) is 37.5. The first-order chi connectivity index (χ1) is 63.7. The van der Waals surface area contributed by atoms with E-state index < -0.39 is 288 Å². The summed E-state index contributed by atoms with van der Waals surface area (Å²) in [6, 6.07) is 5.01. The number of halogens is 2. The quantitative estimate of drug-likeness (QED) is 0.0180. The molecule has 0 bridgehead atoms. The van der Waals surface area contributed by atoms with Crippen LogP contribution in [0.2, 0.25) is 0 Å². The molecule has 6 aromatic rings. The summed E-state index contributed by atoms with van der Waals surface area (Å²) >= 11 is 0. The normalized spacial score (nSPS) is 30.9. The van der Waals surface area contributed by atoms with E-state index in [1.165, 1.54) is 19.4 Å². The third-order valence-corrected chi connectivity index (χ3v) is 22.6. The molecule has 0 amide bonds. The number of nitrogens with zero attached hydrogens (tertiary/aromatic N) is 7. The van der Waals surface area contributed by atoms with Gasteiger partial charge in [-0.25, -0.2) is 64.9 Å². The molecule has 77 heteroatoms. The minimum Gasteiger partial charge on any atom is -0.388 e. The maximum atomic E-state index is 14.7. The van der Waals surface area contributed by atoms with Gasteiger partial charge in [0.25, 0.3) is 27.8 Å². The van der Waals surface area contributed by atoms with Crippen LogP contribution in [0.5, 0.6) is 0 Å². The van der Waals surface area contributed by atoms with E-state index in [-0.39, 0.29) is 12.2 Å². The molecule has 0 aliphatic carbocycles. The van der Waals surface area contributed by atoms with Gasteiger partial charge in [0.15, 0.2) is 55.5 Å². The van der Waals surface area contributed by atoms with Gasteiger partial charge in [-0.3, -0.25) is 103 Å². The van der Waals surface area contributed by atoms with Crippen LogP contribution in [0, 0.1) is 0 Å². The standard InChI is InChI=1S/C11H16FN2O9P.C10H14FN2O9P.2C10H16N3O9P.C10H15N2O10P.C10H15N2O9P/c1-20-7-8(12)11(21-2,5-22-24(17,18)19)23-9(7)14-4-3-6(15)13-10(14)16;1-20-10(4-21-23(17,18)19)7(15)6(11)8(22-10)13-3-2-5(14)12-9(13)16;1-20-10(4-21-23(17,18)19)7(11)6(15)8(22-10)13-3-2-5(14)12-9(13)16;1-20-10(4-21-23(17,18)19)7(15)6(14)8(22-10)13-3-2-5(11)12-9(13)16;1-20-10(4-21-23(17,18)19)7(15)6(14)8(22-10)12-3-2-5(13)11-9(12)16;1-19-10(5-20-22(16,17)18)4-6(13)8(21-10)12-3-2-7(14)11-9(12)15/h3-4,7-9H,5H2,1-2H3,(H,13,15,16)(H2,17,18,19);2-3,6-8,15H,4H2,1H3,(H,12,14,16)(H2,17,18,19);2-3,6-8,15H,4,11H2,1H3,(H,12,14,16)(H2,17,18,19);2-3,6-8,14-15H,4H2,1H3,(H2,11,12,16)(H2,17,18,19);2-3,6-8,14-15H,4H2,1H3,(H,11,13,16)(H2,17,18,19);2-3,6,8,13H,4-5H2,1H3,(H,11,14,15)(H2,16,17,18)/t7-,8+,9-,11-;4*6-,7+,8-,10-;6-,8-,10+/m111111/s1. The third kappa shape index (κ3) is 29.3. The number of ether oxygens (including phenoxy) is 13. The van der Waals surface area contributed by atoms with Crippen molar-refractivity contribution in [2.75, 3.05) is 95.1 Å². The first kappa shape index (κ1) is 117. The summed E-state index contributed by atoms with van der Waals surface area (Å²) in [5.41, 5.74) is 2.48. The number of phosphoric ester groups is 6. The monoisotopic (exact) mass is 2120 g/mol. The number of nitrogens with two attached hydrogens (primary N) is 2. The van der Waals surface area contributed by atoms with Crippen LogP contribution in [0.25, 0.3) is 0 Å². The lowest BCUT2D eigenvalue weighted by molar-refractivity contribution is -0.267. The van der Waals surface area contributed by atoms with Gasteiger partial charge in [-0.15, -0.1) is 0 Å². The molecule has 6 fully saturated rings. The van der Waals surface area contributed by atoms with E-state index in [4.69, 9.17) is 132 Å². The number of nitrogen functional groups attached to an aromatic ring is 1. The summed E-state index contributed by atoms with van der Waals surface area (Å²) in [5, 5.41) is 70.4. The SMILES string of the molecule is CO[C@@]1(COP(=O)(O)O)C[C@@H](O)[C@H](n2ccc(=O)[nH]c2=O)O1.CO[C@H]1[C@H](n2ccc(=O)[nH]c2=O)O[C@@](COP(=O)(O)O)(OC)[C@H]1F.CO[C@]1(COP(=O)(O)O)O[C@@H](n2ccc(=O)[nH]c2=O)[C@H](F)[C@@H]1O.CO[C@]1(COP(=O)(O)O)O[C@@H](n2ccc(=O)[nH]c2=O)[C@H](O)[C@@H]1N.CO[C@]1(COP(=O)(O)O)O[C@@H](n2ccc(=O)[nH]c2=O)[C@H](O)[C@@H]1O.CO[C@]1(COP(=O)(O)O)O[C@@H](n2ccc(N)nc2=O)[C@H](O)[C@@H]1O. The Balaban J connectivity index is 0.000000225. The molecule has 12 rings (SSSR count). The molecule has 0 saturated carbocycles. The second-order valence-corrected chi connectivity index (χ2v) is 36.0. The Morgan fingerprint density at radius 2 is 0.645 bits per heavy atom. The number of aromatic nitrogens is 12. The predicted molar refractivity (Wildman–Crippen MR) is 432 cm³/mol. The van der Waals surface area contributed by atoms with Crippen molar-refractivity contribution >= 4 is 52.8 Å². The lowest BCUT2D eigenvalue weighted by Gasteiger charge is -2.30. The summed E-state index contributed by atoms with van der Waals surface area (Å²) in [5.74, 6) is -12.3. The number of hydrogen-bond acceptors (Lipinski definition) is 46. The lowest BCUT2D eigenvalue weighted by Crippen LogP contribution is -2.53. The minimum absolute atomic E-state index is 0.0536. The van der Waals surface area contributed by atoms with Gasteiger partial charge in [0.2, 0.25) is 28.9 Å². The van der Waals surface area contributed by atoms with Crippen molar-refractivity contribution in [1.29, 1.82) is 0 Å². The third-order valence-electron chi connectivity index (χ3n) is 19.8. The van der Waals surface area contributed by atoms with E-state index >= 15 is 0 Å². The van der Waals surface area contributed by atoms with Crippen LogP contribution >= 0.6 is 46.9 Å². The topological polar surface area (TPSA) is 1020 Å². The van der Waals surface area contributed by atoms with Gasteiger partial charge in [0.05, 0.1) is 6.04 Å². The second kappa shape index (κ2) is 46.4. The van der Waals surface area contributed by atoms with Crippen molar-refractivity contribution in [2.24, 2.45) is 5.73 Å². The Labute approximate surface area is 761 Å². The highest BCUT2D eigenvalue weighted by Crippen LogP contribution is 2.50. The Kier molecular flexibility index (Phi) is 39.3. The molecule has 0 aromatic carbocycles. The van der Waals surface area contributed by atoms with Crippen molar-refractivity contribution in [1.82, 2.24) is 57.3 Å². The average Bonchev–Trinajstić information content (AvgIpc) is 1.62. The number of anilines is 1. The number of rotatable bonds is 31. The number of alkyl halides is 2. The smallest absolute Gasteiger partial charge is 0.388 e. The molecule has 28 N–H and O–H groups in total. The van der Waals surface area contributed by atoms with E-state index in [0.717, 1.165) is 127 Å². The number of H-pyrrole nitrogens is 5. The van der Waals surface area contributed by atoms with Crippen LogP contribution in [-0.2, 0) is 116 Å². The van der Waals surface area contributed by atoms with Crippen LogP contribution in [0.3, 0.4) is 0 Å². The van der Waals surface area contributed by atoms with Crippen molar-refractivity contribution in [2.45, 2.75) is 146 Å². The number of aliphatic hydroxyl groups excluding tert-OH is 7. The number of aliphatic hydroxyl groups is 7. The summed E-state index contributed by atoms with van der Waals surface area (Å²) in [6.45, 7) is -5.20. The fourth-order valence-electron chi connectivity index (χ4n) is 13.0. The Morgan fingerprint density at radius 1 is 0.370 bits per heavy atom. The van der Waals surface area contributed by atoms with E-state index in [9.17, 15) is 125 Å². The Morgan fingerprint density at radius 3 is 0.971 bits per heavy atom. The number of hydrogen-bond donors (Lipinski definition) is 26. The molecule has 138 heavy (non-hydrogen) atoms. The van der Waals surface area contributed by atoms with Crippen molar-refractivity contribution in [3.63, 3.8) is 0 Å². The molecular weight excluding hydrogens is 2030 g/mol. The average molecular weight is 2130 g/mol. The minimum atomic E-state index is -4.94. The van der Waals surface area contributed by atoms with Crippen molar-refractivity contribution in [3.05, 3.63) is 188 Å². The molecule has 6 aliphatic heterocycles. The lowest BCUT2D eigenvalue weighted by atomic mass is 10.1. The Bertz CT molecular complexity index is 5900. The summed E-state index contributed by atoms with van der Waals surface area (Å²) in [6.07, 6.45) is -19.5. The highest BCUT2D eigenvalue weighted by Gasteiger charge is 2.63. The van der Waals surface area contributed by atoms with Crippen LogP contribution in [0.4, 0.5) is 14.6 Å². The molecule has 0 radical (unpaired) electrons. The summed E-state index contributed by atoms with van der Waals surface area (Å²) in [4.78, 5) is 244. The van der Waals surface area contributed by atoms with Gasteiger partial charge in [-0.05, 0) is 6.07 Å². The predicted octanol–water partition coefficient (Wildman–Crippen LogP) is -12.7. The van der Waals surface area contributed by atoms with E-state index in [2.05, 4.69) is 32.1 Å². The molecule has 0 spiro atoms. The maximum absolute atomic E-state index is 14.7. The van der Waals surface area contributed by atoms with E-state index in [1.807, 2.05) is 24.9 Å². The maximum Gasteiger partial charge on any atom is 0.469 e. The van der Waals surface area contributed by atoms with Gasteiger partial charge in [0, 0.05) is 124 Å². The van der Waals surface area contributed by atoms with Crippen LogP contribution in [0.1, 0.15) is 43.8 Å². The number of methoxy groups -OCH3 is 7. The number of nitrogens with one attached hydrogen (secondary N) is 5.